The highest BCUT2D eigenvalue weighted by molar-refractivity contribution is 9.08. The summed E-state index contributed by atoms with van der Waals surface area (Å²) < 4.78 is 16.6. The van der Waals surface area contributed by atoms with Gasteiger partial charge in [0.2, 0.25) is 0 Å². The normalized spacial score (nSPS) is 16.6. The fourth-order valence-corrected chi connectivity index (χ4v) is 2.53. The zero-order valence-corrected chi connectivity index (χ0v) is 12.6. The Balaban J connectivity index is 2.19. The van der Waals surface area contributed by atoms with Crippen molar-refractivity contribution in [2.24, 2.45) is 0 Å². The quantitative estimate of drug-likeness (QED) is 0.783. The molecule has 2 rings (SSSR count). The highest BCUT2D eigenvalue weighted by Crippen LogP contribution is 2.38. The Labute approximate surface area is 120 Å². The van der Waals surface area contributed by atoms with Crippen molar-refractivity contribution in [2.75, 3.05) is 20.3 Å². The van der Waals surface area contributed by atoms with E-state index in [1.54, 1.807) is 7.11 Å². The molecule has 1 saturated heterocycles. The average molecular weight is 336 g/mol. The van der Waals surface area contributed by atoms with Crippen molar-refractivity contribution in [1.29, 1.82) is 0 Å². The van der Waals surface area contributed by atoms with Crippen LogP contribution in [0.3, 0.4) is 0 Å². The van der Waals surface area contributed by atoms with E-state index < -0.39 is 0 Å². The second-order valence-corrected chi connectivity index (χ2v) is 5.14. The van der Waals surface area contributed by atoms with Gasteiger partial charge in [-0.05, 0) is 17.7 Å². The van der Waals surface area contributed by atoms with Crippen LogP contribution in [-0.2, 0) is 10.1 Å². The fraction of sp³-hybridized carbons (Fsp3) is 0.538. The van der Waals surface area contributed by atoms with Gasteiger partial charge >= 0.3 is 0 Å². The van der Waals surface area contributed by atoms with E-state index in [1.807, 2.05) is 12.1 Å². The van der Waals surface area contributed by atoms with E-state index in [2.05, 4.69) is 15.9 Å². The molecule has 0 unspecified atom stereocenters. The average Bonchev–Trinajstić information content (AvgIpc) is 2.42. The third-order valence-corrected chi connectivity index (χ3v) is 3.82. The minimum atomic E-state index is 0.153. The van der Waals surface area contributed by atoms with Crippen molar-refractivity contribution in [1.82, 2.24) is 0 Å². The maximum Gasteiger partial charge on any atom is 0.180 e. The predicted octanol–water partition coefficient (Wildman–Crippen LogP) is 3.80. The van der Waals surface area contributed by atoms with Gasteiger partial charge in [0, 0.05) is 18.2 Å². The van der Waals surface area contributed by atoms with E-state index >= 15 is 0 Å². The number of benzene rings is 1. The molecule has 0 atom stereocenters. The molecule has 1 aliphatic heterocycles. The van der Waals surface area contributed by atoms with Crippen molar-refractivity contribution in [3.8, 4) is 11.5 Å². The van der Waals surface area contributed by atoms with Crippen LogP contribution in [0.2, 0.25) is 5.02 Å². The molecular formula is C13H16BrClO3. The van der Waals surface area contributed by atoms with E-state index in [0.29, 0.717) is 16.5 Å². The van der Waals surface area contributed by atoms with Crippen LogP contribution in [0.1, 0.15) is 18.4 Å². The molecule has 0 saturated carbocycles. The summed E-state index contributed by atoms with van der Waals surface area (Å²) in [5.41, 5.74) is 1.07. The first kappa shape index (κ1) is 14.0. The van der Waals surface area contributed by atoms with Crippen LogP contribution in [0.5, 0.6) is 11.5 Å². The van der Waals surface area contributed by atoms with Gasteiger partial charge in [-0.2, -0.15) is 0 Å². The zero-order chi connectivity index (χ0) is 13.0. The highest BCUT2D eigenvalue weighted by atomic mass is 79.9. The number of methoxy groups -OCH3 is 1. The van der Waals surface area contributed by atoms with Crippen molar-refractivity contribution >= 4 is 27.5 Å². The molecule has 0 aromatic heterocycles. The summed E-state index contributed by atoms with van der Waals surface area (Å²) in [4.78, 5) is 0. The van der Waals surface area contributed by atoms with Crippen LogP contribution in [0.15, 0.2) is 12.1 Å². The van der Waals surface area contributed by atoms with Crippen molar-refractivity contribution in [3.63, 3.8) is 0 Å². The van der Waals surface area contributed by atoms with E-state index in [0.717, 1.165) is 36.9 Å². The number of rotatable bonds is 4. The summed E-state index contributed by atoms with van der Waals surface area (Å²) in [6, 6.07) is 3.84. The predicted molar refractivity (Wildman–Crippen MR) is 75.1 cm³/mol. The van der Waals surface area contributed by atoms with E-state index in [4.69, 9.17) is 25.8 Å². The lowest BCUT2D eigenvalue weighted by molar-refractivity contribution is 0.0246. The molecule has 3 nitrogen and oxygen atoms in total. The summed E-state index contributed by atoms with van der Waals surface area (Å²) >= 11 is 9.66. The lowest BCUT2D eigenvalue weighted by Crippen LogP contribution is -2.26. The molecule has 0 N–H and O–H groups in total. The molecule has 0 aliphatic carbocycles. The van der Waals surface area contributed by atoms with Crippen molar-refractivity contribution < 1.29 is 14.2 Å². The molecule has 100 valence electrons. The topological polar surface area (TPSA) is 27.7 Å². The Kier molecular flexibility index (Phi) is 5.15. The summed E-state index contributed by atoms with van der Waals surface area (Å²) in [6.07, 6.45) is 1.93. The molecule has 1 aromatic carbocycles. The Morgan fingerprint density at radius 1 is 1.39 bits per heavy atom. The first-order valence-electron chi connectivity index (χ1n) is 5.91. The Morgan fingerprint density at radius 3 is 2.72 bits per heavy atom. The Bertz CT molecular complexity index is 405. The van der Waals surface area contributed by atoms with Crippen LogP contribution < -0.4 is 9.47 Å². The molecule has 0 bridgehead atoms. The minimum absolute atomic E-state index is 0.153. The maximum absolute atomic E-state index is 6.25. The number of ether oxygens (including phenoxy) is 3. The van der Waals surface area contributed by atoms with Gasteiger partial charge in [-0.15, -0.1) is 0 Å². The first-order chi connectivity index (χ1) is 8.74. The summed E-state index contributed by atoms with van der Waals surface area (Å²) in [5.74, 6) is 1.32. The van der Waals surface area contributed by atoms with Gasteiger partial charge in [0.15, 0.2) is 11.5 Å². The maximum atomic E-state index is 6.25. The number of halogens is 2. The second kappa shape index (κ2) is 6.64. The lowest BCUT2D eigenvalue weighted by Gasteiger charge is -2.25. The Morgan fingerprint density at radius 2 is 2.11 bits per heavy atom. The van der Waals surface area contributed by atoms with Crippen LogP contribution in [0, 0.1) is 0 Å². The smallest absolute Gasteiger partial charge is 0.180 e. The van der Waals surface area contributed by atoms with Crippen LogP contribution in [0.25, 0.3) is 0 Å². The van der Waals surface area contributed by atoms with Gasteiger partial charge in [0.05, 0.1) is 25.3 Å². The van der Waals surface area contributed by atoms with Gasteiger partial charge in [-0.25, -0.2) is 0 Å². The van der Waals surface area contributed by atoms with Crippen LogP contribution in [0.4, 0.5) is 0 Å². The van der Waals surface area contributed by atoms with E-state index in [-0.39, 0.29) is 6.10 Å². The third kappa shape index (κ3) is 3.31. The highest BCUT2D eigenvalue weighted by Gasteiger charge is 2.19. The van der Waals surface area contributed by atoms with Gasteiger partial charge < -0.3 is 14.2 Å². The summed E-state index contributed by atoms with van der Waals surface area (Å²) in [6.45, 7) is 1.48. The van der Waals surface area contributed by atoms with E-state index in [1.165, 1.54) is 0 Å². The molecule has 1 heterocycles. The molecule has 0 spiro atoms. The van der Waals surface area contributed by atoms with Gasteiger partial charge in [0.25, 0.3) is 0 Å². The molecular weight excluding hydrogens is 319 g/mol. The number of hydrogen-bond acceptors (Lipinski definition) is 3. The third-order valence-electron chi connectivity index (χ3n) is 2.90. The Hall–Kier alpha value is -0.450. The number of hydrogen-bond donors (Lipinski definition) is 0. The summed E-state index contributed by atoms with van der Waals surface area (Å²) in [7, 11) is 1.63. The van der Waals surface area contributed by atoms with Crippen molar-refractivity contribution in [3.05, 3.63) is 22.7 Å². The van der Waals surface area contributed by atoms with Gasteiger partial charge in [-0.1, -0.05) is 27.5 Å². The zero-order valence-electron chi connectivity index (χ0n) is 10.2. The second-order valence-electron chi connectivity index (χ2n) is 4.17. The van der Waals surface area contributed by atoms with Crippen LogP contribution >= 0.6 is 27.5 Å². The monoisotopic (exact) mass is 334 g/mol. The molecule has 1 fully saturated rings. The minimum Gasteiger partial charge on any atom is -0.493 e. The molecule has 0 amide bonds. The molecule has 18 heavy (non-hydrogen) atoms. The lowest BCUT2D eigenvalue weighted by atomic mass is 10.1. The van der Waals surface area contributed by atoms with Crippen LogP contribution in [-0.4, -0.2) is 26.4 Å². The SMILES string of the molecule is COc1cc(CBr)cc(Cl)c1OC1CCOCC1. The number of alkyl halides is 1. The largest absolute Gasteiger partial charge is 0.493 e. The van der Waals surface area contributed by atoms with Gasteiger partial charge in [-0.3, -0.25) is 0 Å². The standard InChI is InChI=1S/C13H16BrClO3/c1-16-12-7-9(8-14)6-11(15)13(12)18-10-2-4-17-5-3-10/h6-7,10H,2-5,8H2,1H3. The molecule has 1 aliphatic rings. The van der Waals surface area contributed by atoms with Gasteiger partial charge in [0.1, 0.15) is 6.10 Å². The fourth-order valence-electron chi connectivity index (χ4n) is 1.93. The first-order valence-corrected chi connectivity index (χ1v) is 7.41. The summed E-state index contributed by atoms with van der Waals surface area (Å²) in [5, 5.41) is 1.33. The van der Waals surface area contributed by atoms with E-state index in [9.17, 15) is 0 Å². The van der Waals surface area contributed by atoms with Crippen molar-refractivity contribution in [2.45, 2.75) is 24.3 Å². The molecule has 5 heteroatoms. The molecule has 1 aromatic rings. The molecule has 0 radical (unpaired) electrons.